The van der Waals surface area contributed by atoms with E-state index in [1.807, 2.05) is 32.0 Å². The second kappa shape index (κ2) is 7.26. The SMILES string of the molecule is Cc1cccc(N2C[C@@H](C(=O)Nc3ccc(-n4ccnc4)nc3)CC2=O)c1C. The number of rotatable bonds is 4. The maximum atomic E-state index is 12.7. The Hall–Kier alpha value is -3.48. The molecule has 7 heteroatoms. The van der Waals surface area contributed by atoms with E-state index in [9.17, 15) is 9.59 Å². The molecule has 1 N–H and O–H groups in total. The Morgan fingerprint density at radius 3 is 2.79 bits per heavy atom. The second-order valence-corrected chi connectivity index (χ2v) is 6.99. The number of imidazole rings is 1. The minimum Gasteiger partial charge on any atom is -0.324 e. The van der Waals surface area contributed by atoms with Crippen molar-refractivity contribution in [3.63, 3.8) is 0 Å². The average Bonchev–Trinajstić information content (AvgIpc) is 3.35. The molecule has 3 heterocycles. The van der Waals surface area contributed by atoms with Gasteiger partial charge in [0.15, 0.2) is 0 Å². The molecule has 2 amide bonds. The molecule has 0 unspecified atom stereocenters. The maximum absolute atomic E-state index is 12.7. The summed E-state index contributed by atoms with van der Waals surface area (Å²) in [5.74, 6) is 0.133. The molecule has 7 nitrogen and oxygen atoms in total. The first-order valence-electron chi connectivity index (χ1n) is 9.15. The van der Waals surface area contributed by atoms with E-state index in [-0.39, 0.29) is 24.2 Å². The first-order chi connectivity index (χ1) is 13.5. The third-order valence-corrected chi connectivity index (χ3v) is 5.15. The van der Waals surface area contributed by atoms with E-state index in [2.05, 4.69) is 15.3 Å². The van der Waals surface area contributed by atoms with Gasteiger partial charge in [0.1, 0.15) is 12.1 Å². The van der Waals surface area contributed by atoms with Gasteiger partial charge in [0.2, 0.25) is 11.8 Å². The predicted octanol–water partition coefficient (Wildman–Crippen LogP) is 2.88. The molecule has 0 spiro atoms. The van der Waals surface area contributed by atoms with Gasteiger partial charge in [-0.25, -0.2) is 9.97 Å². The van der Waals surface area contributed by atoms with Gasteiger partial charge >= 0.3 is 0 Å². The molecule has 142 valence electrons. The fourth-order valence-electron chi connectivity index (χ4n) is 3.40. The number of aromatic nitrogens is 3. The van der Waals surface area contributed by atoms with Gasteiger partial charge in [0.05, 0.1) is 17.8 Å². The summed E-state index contributed by atoms with van der Waals surface area (Å²) in [6.07, 6.45) is 6.95. The van der Waals surface area contributed by atoms with Crippen LogP contribution in [0, 0.1) is 19.8 Å². The Morgan fingerprint density at radius 1 is 1.21 bits per heavy atom. The summed E-state index contributed by atoms with van der Waals surface area (Å²) in [5.41, 5.74) is 3.68. The molecule has 28 heavy (non-hydrogen) atoms. The van der Waals surface area contributed by atoms with Crippen LogP contribution in [-0.4, -0.2) is 32.9 Å². The van der Waals surface area contributed by atoms with Gasteiger partial charge in [-0.3, -0.25) is 14.2 Å². The predicted molar refractivity (Wildman–Crippen MR) is 106 cm³/mol. The zero-order chi connectivity index (χ0) is 19.7. The standard InChI is InChI=1S/C21H21N5O2/c1-14-4-3-5-18(15(14)2)26-12-16(10-20(26)27)21(28)24-17-6-7-19(23-11-17)25-9-8-22-13-25/h3-9,11,13,16H,10,12H2,1-2H3,(H,24,28)/t16-/m0/s1. The van der Waals surface area contributed by atoms with Crippen molar-refractivity contribution in [3.05, 3.63) is 66.4 Å². The van der Waals surface area contributed by atoms with Gasteiger partial charge in [0.25, 0.3) is 0 Å². The smallest absolute Gasteiger partial charge is 0.229 e. The normalized spacial score (nSPS) is 16.4. The molecule has 2 aromatic heterocycles. The second-order valence-electron chi connectivity index (χ2n) is 6.99. The fraction of sp³-hybridized carbons (Fsp3) is 0.238. The number of anilines is 2. The number of aryl methyl sites for hydroxylation is 1. The number of nitrogens with one attached hydrogen (secondary N) is 1. The summed E-state index contributed by atoms with van der Waals surface area (Å²) >= 11 is 0. The lowest BCUT2D eigenvalue weighted by Crippen LogP contribution is -2.28. The topological polar surface area (TPSA) is 80.1 Å². The lowest BCUT2D eigenvalue weighted by atomic mass is 10.1. The molecule has 1 aliphatic heterocycles. The van der Waals surface area contributed by atoms with Gasteiger partial charge in [0, 0.05) is 31.0 Å². The molecule has 0 radical (unpaired) electrons. The van der Waals surface area contributed by atoms with Crippen LogP contribution >= 0.6 is 0 Å². The largest absolute Gasteiger partial charge is 0.324 e. The first kappa shape index (κ1) is 17.9. The Morgan fingerprint density at radius 2 is 2.07 bits per heavy atom. The van der Waals surface area contributed by atoms with Crippen LogP contribution in [0.1, 0.15) is 17.5 Å². The van der Waals surface area contributed by atoms with Gasteiger partial charge in [-0.1, -0.05) is 12.1 Å². The lowest BCUT2D eigenvalue weighted by Gasteiger charge is -2.20. The number of hydrogen-bond acceptors (Lipinski definition) is 4. The third-order valence-electron chi connectivity index (χ3n) is 5.15. The van der Waals surface area contributed by atoms with Gasteiger partial charge in [-0.05, 0) is 43.2 Å². The highest BCUT2D eigenvalue weighted by atomic mass is 16.2. The number of benzene rings is 1. The molecule has 1 atom stereocenters. The number of carbonyl (C=O) groups excluding carboxylic acids is 2. The highest BCUT2D eigenvalue weighted by molar-refractivity contribution is 6.03. The molecule has 1 aliphatic rings. The summed E-state index contributed by atoms with van der Waals surface area (Å²) in [6.45, 7) is 4.40. The number of amides is 2. The highest BCUT2D eigenvalue weighted by Gasteiger charge is 2.35. The van der Waals surface area contributed by atoms with Crippen LogP contribution in [0.5, 0.6) is 0 Å². The van der Waals surface area contributed by atoms with Crippen molar-refractivity contribution < 1.29 is 9.59 Å². The summed E-state index contributed by atoms with van der Waals surface area (Å²) in [6, 6.07) is 9.48. The average molecular weight is 375 g/mol. The summed E-state index contributed by atoms with van der Waals surface area (Å²) in [4.78, 5) is 35.2. The Balaban J connectivity index is 1.44. The molecular weight excluding hydrogens is 354 g/mol. The number of nitrogens with zero attached hydrogens (tertiary/aromatic N) is 4. The lowest BCUT2D eigenvalue weighted by molar-refractivity contribution is -0.122. The molecule has 1 fully saturated rings. The van der Waals surface area contributed by atoms with Crippen LogP contribution < -0.4 is 10.2 Å². The molecular formula is C21H21N5O2. The molecule has 3 aromatic rings. The van der Waals surface area contributed by atoms with Crippen LogP contribution in [0.2, 0.25) is 0 Å². The zero-order valence-electron chi connectivity index (χ0n) is 15.8. The van der Waals surface area contributed by atoms with Crippen molar-refractivity contribution in [1.29, 1.82) is 0 Å². The third kappa shape index (κ3) is 3.38. The minimum atomic E-state index is -0.388. The van der Waals surface area contributed by atoms with E-state index < -0.39 is 0 Å². The monoisotopic (exact) mass is 375 g/mol. The summed E-state index contributed by atoms with van der Waals surface area (Å²) < 4.78 is 1.78. The van der Waals surface area contributed by atoms with E-state index >= 15 is 0 Å². The van der Waals surface area contributed by atoms with E-state index in [1.165, 1.54) is 0 Å². The van der Waals surface area contributed by atoms with E-state index in [0.29, 0.717) is 18.1 Å². The summed E-state index contributed by atoms with van der Waals surface area (Å²) in [7, 11) is 0. The van der Waals surface area contributed by atoms with Gasteiger partial charge in [-0.15, -0.1) is 0 Å². The van der Waals surface area contributed by atoms with Crippen molar-refractivity contribution in [2.24, 2.45) is 5.92 Å². The van der Waals surface area contributed by atoms with Crippen LogP contribution in [0.3, 0.4) is 0 Å². The van der Waals surface area contributed by atoms with Crippen molar-refractivity contribution in [2.45, 2.75) is 20.3 Å². The van der Waals surface area contributed by atoms with Crippen LogP contribution in [0.25, 0.3) is 5.82 Å². The van der Waals surface area contributed by atoms with Crippen LogP contribution in [-0.2, 0) is 9.59 Å². The van der Waals surface area contributed by atoms with Crippen molar-refractivity contribution in [3.8, 4) is 5.82 Å². The molecule has 0 aliphatic carbocycles. The Bertz CT molecular complexity index is 1010. The Kier molecular flexibility index (Phi) is 4.65. The quantitative estimate of drug-likeness (QED) is 0.760. The van der Waals surface area contributed by atoms with Crippen molar-refractivity contribution in [2.75, 3.05) is 16.8 Å². The van der Waals surface area contributed by atoms with Crippen molar-refractivity contribution in [1.82, 2.24) is 14.5 Å². The van der Waals surface area contributed by atoms with E-state index in [0.717, 1.165) is 16.8 Å². The minimum absolute atomic E-state index is 0.0255. The number of pyridine rings is 1. The van der Waals surface area contributed by atoms with Crippen LogP contribution in [0.4, 0.5) is 11.4 Å². The molecule has 0 bridgehead atoms. The molecule has 1 aromatic carbocycles. The van der Waals surface area contributed by atoms with Gasteiger partial charge in [-0.2, -0.15) is 0 Å². The molecule has 4 rings (SSSR count). The number of hydrogen-bond donors (Lipinski definition) is 1. The first-order valence-corrected chi connectivity index (χ1v) is 9.15. The van der Waals surface area contributed by atoms with E-state index in [1.54, 1.807) is 46.5 Å². The van der Waals surface area contributed by atoms with Crippen molar-refractivity contribution >= 4 is 23.2 Å². The molecule has 0 saturated carbocycles. The molecule has 1 saturated heterocycles. The Labute approximate surface area is 163 Å². The number of carbonyl (C=O) groups is 2. The maximum Gasteiger partial charge on any atom is 0.229 e. The van der Waals surface area contributed by atoms with Gasteiger partial charge < -0.3 is 10.2 Å². The highest BCUT2D eigenvalue weighted by Crippen LogP contribution is 2.30. The summed E-state index contributed by atoms with van der Waals surface area (Å²) in [5, 5.41) is 2.87. The fourth-order valence-corrected chi connectivity index (χ4v) is 3.40. The zero-order valence-corrected chi connectivity index (χ0v) is 15.8. The van der Waals surface area contributed by atoms with E-state index in [4.69, 9.17) is 0 Å². The van der Waals surface area contributed by atoms with Crippen LogP contribution in [0.15, 0.2) is 55.2 Å².